The largest absolute Gasteiger partial charge is 0.472 e. The molecule has 0 amide bonds. The Balaban J connectivity index is 1.05. The van der Waals surface area contributed by atoms with Crippen LogP contribution < -0.4 is 4.74 Å². The van der Waals surface area contributed by atoms with E-state index in [-0.39, 0.29) is 0 Å². The highest BCUT2D eigenvalue weighted by Gasteiger charge is 2.44. The molecule has 0 bridgehead atoms. The van der Waals surface area contributed by atoms with Gasteiger partial charge in [0.2, 0.25) is 0 Å². The van der Waals surface area contributed by atoms with E-state index in [1.54, 1.807) is 6.07 Å². The molecule has 1 aliphatic heterocycles. The monoisotopic (exact) mass is 836 g/mol. The van der Waals surface area contributed by atoms with Crippen molar-refractivity contribution in [2.24, 2.45) is 0 Å². The lowest BCUT2D eigenvalue weighted by atomic mass is 9.75. The summed E-state index contributed by atoms with van der Waals surface area (Å²) in [6.07, 6.45) is 0. The first-order valence-electron chi connectivity index (χ1n) is 21.4. The first-order valence-corrected chi connectivity index (χ1v) is 21.4. The van der Waals surface area contributed by atoms with Gasteiger partial charge >= 0.3 is 0 Å². The molecule has 0 aliphatic carbocycles. The van der Waals surface area contributed by atoms with Crippen molar-refractivity contribution in [1.29, 1.82) is 5.26 Å². The van der Waals surface area contributed by atoms with Gasteiger partial charge in [0.25, 0.3) is 0 Å². The Bertz CT molecular complexity index is 3400. The second-order valence-corrected chi connectivity index (χ2v) is 16.0. The number of rotatable bonds is 8. The van der Waals surface area contributed by atoms with Gasteiger partial charge in [0, 0.05) is 38.9 Å². The number of hydrogen-bond acceptors (Lipinski definition) is 5. The molecule has 11 rings (SSSR count). The number of benzene rings is 9. The van der Waals surface area contributed by atoms with Crippen molar-refractivity contribution in [2.45, 2.75) is 5.60 Å². The van der Waals surface area contributed by atoms with E-state index >= 15 is 4.39 Å². The summed E-state index contributed by atoms with van der Waals surface area (Å²) in [7, 11) is 0. The molecule has 1 aromatic heterocycles. The molecule has 0 atom stereocenters. The molecular weight excluding hydrogens is 800 g/mol. The molecule has 306 valence electrons. The number of nitriles is 1. The van der Waals surface area contributed by atoms with Crippen LogP contribution in [0.1, 0.15) is 22.3 Å². The van der Waals surface area contributed by atoms with Crippen LogP contribution in [0.15, 0.2) is 224 Å². The van der Waals surface area contributed by atoms with Gasteiger partial charge in [0.15, 0.2) is 23.1 Å². The number of aromatic nitrogens is 3. The van der Waals surface area contributed by atoms with E-state index < -0.39 is 11.4 Å². The van der Waals surface area contributed by atoms with E-state index in [1.807, 2.05) is 127 Å². The van der Waals surface area contributed by atoms with Gasteiger partial charge < -0.3 is 4.74 Å². The molecule has 6 heteroatoms. The number of fused-ring (bicyclic) bond motifs is 3. The van der Waals surface area contributed by atoms with Crippen molar-refractivity contribution in [1.82, 2.24) is 15.0 Å². The molecule has 0 saturated carbocycles. The molecule has 9 aromatic carbocycles. The lowest BCUT2D eigenvalue weighted by Gasteiger charge is -2.41. The van der Waals surface area contributed by atoms with Crippen LogP contribution in [0.4, 0.5) is 4.39 Å². The van der Waals surface area contributed by atoms with Crippen molar-refractivity contribution in [3.63, 3.8) is 0 Å². The maximum atomic E-state index is 16.2. The van der Waals surface area contributed by atoms with Gasteiger partial charge in [0.05, 0.1) is 11.6 Å². The summed E-state index contributed by atoms with van der Waals surface area (Å²) in [6.45, 7) is 0. The SMILES string of the molecule is N#Cc1cccc(-c2cccc(-c3nc(-c4cccc(-c5ccccc5)c4)nc(-c4cc(F)cc(-c5ccc6c(c5)OC(c5ccccc5)(c5ccccc5)c5ccccc5-6)c4)n3)c2)c1. The van der Waals surface area contributed by atoms with E-state index in [1.165, 1.54) is 12.1 Å². The molecule has 0 saturated heterocycles. The van der Waals surface area contributed by atoms with Gasteiger partial charge in [0.1, 0.15) is 11.6 Å². The van der Waals surface area contributed by atoms with Crippen molar-refractivity contribution < 1.29 is 9.13 Å². The van der Waals surface area contributed by atoms with Gasteiger partial charge in [-0.05, 0) is 87.5 Å². The van der Waals surface area contributed by atoms with Crippen LogP contribution >= 0.6 is 0 Å². The minimum Gasteiger partial charge on any atom is -0.472 e. The second kappa shape index (κ2) is 16.5. The van der Waals surface area contributed by atoms with Crippen molar-refractivity contribution >= 4 is 0 Å². The topological polar surface area (TPSA) is 71.7 Å². The zero-order valence-corrected chi connectivity index (χ0v) is 34.9. The minimum absolute atomic E-state index is 0.322. The molecular formula is C59H37FN4O. The molecule has 0 fully saturated rings. The third-order valence-electron chi connectivity index (χ3n) is 12.0. The summed E-state index contributed by atoms with van der Waals surface area (Å²) in [5.74, 6) is 1.45. The van der Waals surface area contributed by atoms with Gasteiger partial charge in [-0.2, -0.15) is 5.26 Å². The van der Waals surface area contributed by atoms with E-state index in [2.05, 4.69) is 84.9 Å². The molecule has 65 heavy (non-hydrogen) atoms. The van der Waals surface area contributed by atoms with Gasteiger partial charge in [-0.1, -0.05) is 176 Å². The Morgan fingerprint density at radius 2 is 0.862 bits per heavy atom. The smallest absolute Gasteiger partial charge is 0.185 e. The van der Waals surface area contributed by atoms with E-state index in [4.69, 9.17) is 19.7 Å². The standard InChI is InChI=1S/C59H37FN4O/c60-51-35-47(44-29-30-53-52-27-10-11-28-54(52)59(65-55(53)37-44,49-23-6-2-7-24-49)50-25-8-3-9-26-50)34-48(36-51)58-63-56(45-21-13-19-42(32-45)40-16-4-1-5-17-40)62-57(64-58)46-22-14-20-43(33-46)41-18-12-15-39(31-41)38-61/h1-37H. The second-order valence-electron chi connectivity index (χ2n) is 16.0. The van der Waals surface area contributed by atoms with Gasteiger partial charge in [-0.15, -0.1) is 0 Å². The summed E-state index contributed by atoms with van der Waals surface area (Å²) >= 11 is 0. The first kappa shape index (κ1) is 39.1. The van der Waals surface area contributed by atoms with Gasteiger partial charge in [-0.3, -0.25) is 0 Å². The van der Waals surface area contributed by atoms with E-state index in [0.29, 0.717) is 39.9 Å². The van der Waals surface area contributed by atoms with Crippen LogP contribution in [-0.4, -0.2) is 15.0 Å². The molecule has 2 heterocycles. The summed E-state index contributed by atoms with van der Waals surface area (Å²) in [6, 6.07) is 75.9. The zero-order chi connectivity index (χ0) is 43.7. The third-order valence-corrected chi connectivity index (χ3v) is 12.0. The molecule has 5 nitrogen and oxygen atoms in total. The van der Waals surface area contributed by atoms with Crippen molar-refractivity contribution in [3.8, 4) is 90.5 Å². The fraction of sp³-hybridized carbons (Fsp3) is 0.0169. The van der Waals surface area contributed by atoms with E-state index in [9.17, 15) is 5.26 Å². The van der Waals surface area contributed by atoms with Crippen LogP contribution in [0, 0.1) is 17.1 Å². The Morgan fingerprint density at radius 3 is 1.51 bits per heavy atom. The Labute approximate surface area is 376 Å². The van der Waals surface area contributed by atoms with Crippen LogP contribution in [-0.2, 0) is 5.60 Å². The van der Waals surface area contributed by atoms with Crippen LogP contribution in [0.3, 0.4) is 0 Å². The quantitative estimate of drug-likeness (QED) is 0.152. The van der Waals surface area contributed by atoms with Crippen LogP contribution in [0.5, 0.6) is 5.75 Å². The molecule has 0 radical (unpaired) electrons. The molecule has 1 aliphatic rings. The summed E-state index contributed by atoms with van der Waals surface area (Å²) in [5, 5.41) is 9.61. The minimum atomic E-state index is -0.941. The summed E-state index contributed by atoms with van der Waals surface area (Å²) in [5.41, 5.74) is 12.0. The molecule has 0 spiro atoms. The lowest BCUT2D eigenvalue weighted by molar-refractivity contribution is 0.152. The number of hydrogen-bond donors (Lipinski definition) is 0. The fourth-order valence-corrected chi connectivity index (χ4v) is 8.92. The normalized spacial score (nSPS) is 12.3. The van der Waals surface area contributed by atoms with Crippen LogP contribution in [0.2, 0.25) is 0 Å². The number of nitrogens with zero attached hydrogens (tertiary/aromatic N) is 4. The highest BCUT2D eigenvalue weighted by Crippen LogP contribution is 2.52. The van der Waals surface area contributed by atoms with Crippen LogP contribution in [0.25, 0.3) is 78.7 Å². The Morgan fingerprint density at radius 1 is 0.385 bits per heavy atom. The Kier molecular flexibility index (Phi) is 9.91. The Hall–Kier alpha value is -8.79. The average molecular weight is 837 g/mol. The average Bonchev–Trinajstić information content (AvgIpc) is 3.38. The van der Waals surface area contributed by atoms with E-state index in [0.717, 1.165) is 66.8 Å². The maximum Gasteiger partial charge on any atom is 0.185 e. The highest BCUT2D eigenvalue weighted by atomic mass is 19.1. The predicted molar refractivity (Wildman–Crippen MR) is 256 cm³/mol. The molecule has 0 unspecified atom stereocenters. The van der Waals surface area contributed by atoms with Crippen molar-refractivity contribution in [3.05, 3.63) is 253 Å². The van der Waals surface area contributed by atoms with Crippen molar-refractivity contribution in [2.75, 3.05) is 0 Å². The highest BCUT2D eigenvalue weighted by molar-refractivity contribution is 5.84. The fourth-order valence-electron chi connectivity index (χ4n) is 8.92. The first-order chi connectivity index (χ1) is 32.0. The zero-order valence-electron chi connectivity index (χ0n) is 34.9. The maximum absolute atomic E-state index is 16.2. The number of halogens is 1. The number of ether oxygens (including phenoxy) is 1. The summed E-state index contributed by atoms with van der Waals surface area (Å²) < 4.78 is 23.5. The lowest BCUT2D eigenvalue weighted by Crippen LogP contribution is -2.38. The molecule has 0 N–H and O–H groups in total. The predicted octanol–water partition coefficient (Wildman–Crippen LogP) is 14.2. The summed E-state index contributed by atoms with van der Waals surface area (Å²) in [4.78, 5) is 15.1. The van der Waals surface area contributed by atoms with Gasteiger partial charge in [-0.25, -0.2) is 19.3 Å². The third kappa shape index (κ3) is 7.31. The molecule has 10 aromatic rings.